The summed E-state index contributed by atoms with van der Waals surface area (Å²) in [6.45, 7) is 3.92. The van der Waals surface area contributed by atoms with E-state index in [-0.39, 0.29) is 12.4 Å². The summed E-state index contributed by atoms with van der Waals surface area (Å²) >= 11 is 0. The van der Waals surface area contributed by atoms with Crippen LogP contribution in [0.4, 0.5) is 0 Å². The summed E-state index contributed by atoms with van der Waals surface area (Å²) in [6.07, 6.45) is 0.567. The van der Waals surface area contributed by atoms with Crippen molar-refractivity contribution in [3.63, 3.8) is 0 Å². The van der Waals surface area contributed by atoms with E-state index in [9.17, 15) is 9.59 Å². The van der Waals surface area contributed by atoms with E-state index >= 15 is 0 Å². The lowest BCUT2D eigenvalue weighted by molar-refractivity contribution is -0.136. The van der Waals surface area contributed by atoms with E-state index < -0.39 is 5.97 Å². The van der Waals surface area contributed by atoms with Crippen molar-refractivity contribution < 1.29 is 19.4 Å². The van der Waals surface area contributed by atoms with Gasteiger partial charge in [0.2, 0.25) is 0 Å². The number of hydrogen-bond donors (Lipinski definition) is 1. The van der Waals surface area contributed by atoms with Gasteiger partial charge in [0.25, 0.3) is 0 Å². The van der Waals surface area contributed by atoms with Crippen LogP contribution in [-0.2, 0) is 16.0 Å². The molecule has 0 unspecified atom stereocenters. The standard InChI is InChI=1S/C13H16O4/c1-3-17-13(16)11-6-4-10(8-9(11)2)5-7-12(14)15/h4,6,8H,3,5,7H2,1-2H3,(H,14,15). The molecular weight excluding hydrogens is 220 g/mol. The fourth-order valence-electron chi connectivity index (χ4n) is 1.57. The summed E-state index contributed by atoms with van der Waals surface area (Å²) in [5.74, 6) is -1.16. The average molecular weight is 236 g/mol. The molecule has 0 fully saturated rings. The van der Waals surface area contributed by atoms with Gasteiger partial charge in [0, 0.05) is 6.42 Å². The Labute approximate surface area is 100 Å². The number of carbonyl (C=O) groups excluding carboxylic acids is 1. The Morgan fingerprint density at radius 1 is 1.35 bits per heavy atom. The molecule has 1 rings (SSSR count). The second kappa shape index (κ2) is 6.03. The largest absolute Gasteiger partial charge is 0.481 e. The van der Waals surface area contributed by atoms with E-state index in [0.29, 0.717) is 18.6 Å². The second-order valence-electron chi connectivity index (χ2n) is 3.76. The summed E-state index contributed by atoms with van der Waals surface area (Å²) in [4.78, 5) is 22.0. The minimum absolute atomic E-state index is 0.0954. The zero-order chi connectivity index (χ0) is 12.8. The highest BCUT2D eigenvalue weighted by molar-refractivity contribution is 5.91. The average Bonchev–Trinajstić information content (AvgIpc) is 2.26. The monoisotopic (exact) mass is 236 g/mol. The number of ether oxygens (including phenoxy) is 1. The molecule has 0 radical (unpaired) electrons. The molecule has 1 aromatic rings. The molecule has 1 N–H and O–H groups in total. The molecule has 0 spiro atoms. The topological polar surface area (TPSA) is 63.6 Å². The van der Waals surface area contributed by atoms with Gasteiger partial charge in [0.15, 0.2) is 0 Å². The summed E-state index contributed by atoms with van der Waals surface area (Å²) in [5.41, 5.74) is 2.26. The van der Waals surface area contributed by atoms with Crippen molar-refractivity contribution in [2.24, 2.45) is 0 Å². The molecule has 4 heteroatoms. The summed E-state index contributed by atoms with van der Waals surface area (Å²) in [6, 6.07) is 5.28. The third-order valence-corrected chi connectivity index (χ3v) is 2.41. The van der Waals surface area contributed by atoms with Crippen LogP contribution in [0, 0.1) is 6.92 Å². The highest BCUT2D eigenvalue weighted by atomic mass is 16.5. The molecule has 92 valence electrons. The molecule has 0 atom stereocenters. The first kappa shape index (κ1) is 13.2. The molecule has 1 aromatic carbocycles. The Kier molecular flexibility index (Phi) is 4.69. The van der Waals surface area contributed by atoms with Gasteiger partial charge in [-0.2, -0.15) is 0 Å². The number of rotatable bonds is 5. The Morgan fingerprint density at radius 3 is 2.59 bits per heavy atom. The van der Waals surface area contributed by atoms with Gasteiger partial charge in [0.1, 0.15) is 0 Å². The van der Waals surface area contributed by atoms with Crippen molar-refractivity contribution in [1.29, 1.82) is 0 Å². The van der Waals surface area contributed by atoms with Crippen LogP contribution >= 0.6 is 0 Å². The number of aliphatic carboxylic acids is 1. The molecule has 0 amide bonds. The molecule has 0 bridgehead atoms. The van der Waals surface area contributed by atoms with E-state index in [1.165, 1.54) is 0 Å². The highest BCUT2D eigenvalue weighted by Gasteiger charge is 2.10. The van der Waals surface area contributed by atoms with Crippen LogP contribution in [0.5, 0.6) is 0 Å². The van der Waals surface area contributed by atoms with Crippen LogP contribution in [0.25, 0.3) is 0 Å². The van der Waals surface area contributed by atoms with E-state index in [1.54, 1.807) is 19.1 Å². The Hall–Kier alpha value is -1.84. The summed E-state index contributed by atoms with van der Waals surface area (Å²) < 4.78 is 4.91. The normalized spacial score (nSPS) is 10.0. The van der Waals surface area contributed by atoms with Gasteiger partial charge in [-0.05, 0) is 37.5 Å². The smallest absolute Gasteiger partial charge is 0.338 e. The van der Waals surface area contributed by atoms with Crippen molar-refractivity contribution in [2.75, 3.05) is 6.61 Å². The lowest BCUT2D eigenvalue weighted by atomic mass is 10.0. The van der Waals surface area contributed by atoms with Gasteiger partial charge >= 0.3 is 11.9 Å². The molecule has 0 aliphatic rings. The molecular formula is C13H16O4. The minimum Gasteiger partial charge on any atom is -0.481 e. The van der Waals surface area contributed by atoms with Crippen LogP contribution in [0.1, 0.15) is 34.8 Å². The first-order valence-corrected chi connectivity index (χ1v) is 5.53. The van der Waals surface area contributed by atoms with Crippen molar-refractivity contribution in [3.8, 4) is 0 Å². The van der Waals surface area contributed by atoms with Gasteiger partial charge < -0.3 is 9.84 Å². The number of carboxylic acid groups (broad SMARTS) is 1. The molecule has 0 saturated carbocycles. The van der Waals surface area contributed by atoms with Crippen molar-refractivity contribution in [1.82, 2.24) is 0 Å². The molecule has 17 heavy (non-hydrogen) atoms. The third-order valence-electron chi connectivity index (χ3n) is 2.41. The van der Waals surface area contributed by atoms with Gasteiger partial charge in [-0.15, -0.1) is 0 Å². The molecule has 0 saturated heterocycles. The maximum atomic E-state index is 11.5. The van der Waals surface area contributed by atoms with Gasteiger partial charge in [-0.3, -0.25) is 4.79 Å². The molecule has 4 nitrogen and oxygen atoms in total. The van der Waals surface area contributed by atoms with Crippen molar-refractivity contribution >= 4 is 11.9 Å². The summed E-state index contributed by atoms with van der Waals surface area (Å²) in [7, 11) is 0. The van der Waals surface area contributed by atoms with Crippen molar-refractivity contribution in [3.05, 3.63) is 34.9 Å². The van der Waals surface area contributed by atoms with Crippen molar-refractivity contribution in [2.45, 2.75) is 26.7 Å². The van der Waals surface area contributed by atoms with E-state index in [2.05, 4.69) is 0 Å². The molecule has 0 heterocycles. The number of esters is 1. The Morgan fingerprint density at radius 2 is 2.06 bits per heavy atom. The van der Waals surface area contributed by atoms with Crippen LogP contribution in [0.3, 0.4) is 0 Å². The van der Waals surface area contributed by atoms with Gasteiger partial charge in [-0.1, -0.05) is 12.1 Å². The first-order chi connectivity index (χ1) is 8.04. The number of carbonyl (C=O) groups is 2. The first-order valence-electron chi connectivity index (χ1n) is 5.53. The quantitative estimate of drug-likeness (QED) is 0.796. The fraction of sp³-hybridized carbons (Fsp3) is 0.385. The van der Waals surface area contributed by atoms with Crippen LogP contribution in [0.15, 0.2) is 18.2 Å². The van der Waals surface area contributed by atoms with E-state index in [0.717, 1.165) is 11.1 Å². The predicted molar refractivity (Wildman–Crippen MR) is 63.1 cm³/mol. The second-order valence-corrected chi connectivity index (χ2v) is 3.76. The molecule has 0 aliphatic carbocycles. The Bertz CT molecular complexity index is 423. The SMILES string of the molecule is CCOC(=O)c1ccc(CCC(=O)O)cc1C. The maximum absolute atomic E-state index is 11.5. The minimum atomic E-state index is -0.822. The highest BCUT2D eigenvalue weighted by Crippen LogP contribution is 2.13. The zero-order valence-electron chi connectivity index (χ0n) is 10.0. The van der Waals surface area contributed by atoms with Crippen LogP contribution in [-0.4, -0.2) is 23.7 Å². The van der Waals surface area contributed by atoms with Crippen LogP contribution < -0.4 is 0 Å². The number of hydrogen-bond acceptors (Lipinski definition) is 3. The lowest BCUT2D eigenvalue weighted by Gasteiger charge is -2.07. The maximum Gasteiger partial charge on any atom is 0.338 e. The zero-order valence-corrected chi connectivity index (χ0v) is 10.0. The van der Waals surface area contributed by atoms with Crippen LogP contribution in [0.2, 0.25) is 0 Å². The number of aryl methyl sites for hydroxylation is 2. The summed E-state index contributed by atoms with van der Waals surface area (Å²) in [5, 5.41) is 8.58. The molecule has 0 aromatic heterocycles. The Balaban J connectivity index is 2.79. The lowest BCUT2D eigenvalue weighted by Crippen LogP contribution is -2.07. The third kappa shape index (κ3) is 3.90. The van der Waals surface area contributed by atoms with Gasteiger partial charge in [-0.25, -0.2) is 4.79 Å². The predicted octanol–water partition coefficient (Wildman–Crippen LogP) is 2.19. The van der Waals surface area contributed by atoms with E-state index in [1.807, 2.05) is 13.0 Å². The number of benzene rings is 1. The van der Waals surface area contributed by atoms with E-state index in [4.69, 9.17) is 9.84 Å². The van der Waals surface area contributed by atoms with Gasteiger partial charge in [0.05, 0.1) is 12.2 Å². The fourth-order valence-corrected chi connectivity index (χ4v) is 1.57. The molecule has 0 aliphatic heterocycles. The number of carboxylic acids is 1.